The largest absolute Gasteiger partial charge is 0.357 e. The van der Waals surface area contributed by atoms with Crippen LogP contribution in [0.5, 0.6) is 0 Å². The monoisotopic (exact) mass is 405 g/mol. The van der Waals surface area contributed by atoms with Crippen molar-refractivity contribution in [2.24, 2.45) is 4.99 Å². The number of rotatable bonds is 6. The second-order valence-electron chi connectivity index (χ2n) is 8.25. The summed E-state index contributed by atoms with van der Waals surface area (Å²) in [6.07, 6.45) is 6.50. The third-order valence-electron chi connectivity index (χ3n) is 6.18. The van der Waals surface area contributed by atoms with Crippen LogP contribution in [-0.4, -0.2) is 67.6 Å². The lowest BCUT2D eigenvalue weighted by Gasteiger charge is -2.50. The number of nitrogens with zero attached hydrogens (tertiary/aromatic N) is 3. The predicted octanol–water partition coefficient (Wildman–Crippen LogP) is 3.35. The van der Waals surface area contributed by atoms with Crippen LogP contribution < -0.4 is 10.6 Å². The molecule has 0 amide bonds. The minimum atomic E-state index is 0.249. The number of hydrogen-bond donors (Lipinski definition) is 2. The molecular formula is C22H36ClN5. The molecule has 0 spiro atoms. The fourth-order valence-corrected chi connectivity index (χ4v) is 4.62. The molecule has 0 aromatic heterocycles. The highest BCUT2D eigenvalue weighted by atomic mass is 35.5. The third-order valence-corrected chi connectivity index (χ3v) is 6.42. The van der Waals surface area contributed by atoms with E-state index in [0.717, 1.165) is 29.6 Å². The average Bonchev–Trinajstić information content (AvgIpc) is 2.72. The van der Waals surface area contributed by atoms with Crippen LogP contribution in [0.4, 0.5) is 0 Å². The summed E-state index contributed by atoms with van der Waals surface area (Å²) >= 11 is 6.11. The molecule has 28 heavy (non-hydrogen) atoms. The van der Waals surface area contributed by atoms with Gasteiger partial charge < -0.3 is 15.5 Å². The first-order valence-electron chi connectivity index (χ1n) is 10.8. The van der Waals surface area contributed by atoms with Gasteiger partial charge in [0.1, 0.15) is 0 Å². The number of nitrogens with one attached hydrogen (secondary N) is 2. The molecule has 0 bridgehead atoms. The summed E-state index contributed by atoms with van der Waals surface area (Å²) in [6, 6.07) is 7.95. The molecule has 0 unspecified atom stereocenters. The van der Waals surface area contributed by atoms with Gasteiger partial charge in [0.15, 0.2) is 5.96 Å². The molecule has 156 valence electrons. The van der Waals surface area contributed by atoms with Gasteiger partial charge in [-0.1, -0.05) is 30.2 Å². The molecular weight excluding hydrogens is 370 g/mol. The Bertz CT molecular complexity index is 634. The molecule has 3 rings (SSSR count). The number of likely N-dealkylation sites (tertiary alicyclic amines) is 2. The molecule has 6 heteroatoms. The van der Waals surface area contributed by atoms with Crippen molar-refractivity contribution in [3.63, 3.8) is 0 Å². The second-order valence-corrected chi connectivity index (χ2v) is 8.69. The molecule has 0 atom stereocenters. The number of piperidine rings is 2. The van der Waals surface area contributed by atoms with Crippen molar-refractivity contribution in [1.82, 2.24) is 20.4 Å². The van der Waals surface area contributed by atoms with Crippen molar-refractivity contribution < 1.29 is 0 Å². The van der Waals surface area contributed by atoms with Gasteiger partial charge in [0.05, 0.1) is 6.54 Å². The Kier molecular flexibility index (Phi) is 8.00. The minimum absolute atomic E-state index is 0.249. The van der Waals surface area contributed by atoms with Crippen molar-refractivity contribution in [3.05, 3.63) is 34.9 Å². The third kappa shape index (κ3) is 5.85. The van der Waals surface area contributed by atoms with E-state index in [1.807, 2.05) is 18.2 Å². The fraction of sp³-hybridized carbons (Fsp3) is 0.682. The second kappa shape index (κ2) is 10.5. The van der Waals surface area contributed by atoms with Gasteiger partial charge in [0.2, 0.25) is 0 Å². The van der Waals surface area contributed by atoms with Crippen LogP contribution in [0, 0.1) is 0 Å². The predicted molar refractivity (Wildman–Crippen MR) is 119 cm³/mol. The molecule has 0 radical (unpaired) electrons. The molecule has 2 heterocycles. The molecule has 2 aliphatic rings. The zero-order valence-corrected chi connectivity index (χ0v) is 18.3. The van der Waals surface area contributed by atoms with Gasteiger partial charge in [-0.15, -0.1) is 0 Å². The van der Waals surface area contributed by atoms with Gasteiger partial charge in [-0.05, 0) is 83.5 Å². The van der Waals surface area contributed by atoms with Crippen LogP contribution in [0.1, 0.15) is 44.6 Å². The molecule has 2 N–H and O–H groups in total. The first-order chi connectivity index (χ1) is 13.6. The number of hydrogen-bond acceptors (Lipinski definition) is 3. The van der Waals surface area contributed by atoms with Crippen LogP contribution in [0.25, 0.3) is 0 Å². The lowest BCUT2D eigenvalue weighted by Crippen LogP contribution is -2.62. The van der Waals surface area contributed by atoms with Crippen molar-refractivity contribution in [1.29, 1.82) is 0 Å². The maximum Gasteiger partial charge on any atom is 0.191 e. The summed E-state index contributed by atoms with van der Waals surface area (Å²) in [5.41, 5.74) is 1.38. The Morgan fingerprint density at radius 3 is 2.54 bits per heavy atom. The van der Waals surface area contributed by atoms with Gasteiger partial charge >= 0.3 is 0 Å². The van der Waals surface area contributed by atoms with E-state index >= 15 is 0 Å². The van der Waals surface area contributed by atoms with Crippen molar-refractivity contribution in [3.8, 4) is 0 Å². The number of guanidine groups is 1. The van der Waals surface area contributed by atoms with E-state index in [1.165, 1.54) is 58.3 Å². The fourth-order valence-electron chi connectivity index (χ4n) is 4.40. The Labute approximate surface area is 175 Å². The van der Waals surface area contributed by atoms with Crippen LogP contribution in [0.2, 0.25) is 5.02 Å². The Morgan fingerprint density at radius 2 is 1.86 bits per heavy atom. The molecule has 0 saturated carbocycles. The van der Waals surface area contributed by atoms with Crippen molar-refractivity contribution in [2.45, 2.75) is 51.1 Å². The SMILES string of the molecule is CCNC(=NCc1cccc(Cl)c1)NCC1(N2CCCCC2)CCN(C)CC1. The lowest BCUT2D eigenvalue weighted by atomic mass is 9.84. The standard InChI is InChI=1S/C22H36ClN5/c1-3-24-21(25-17-19-8-7-9-20(23)16-19)26-18-22(10-14-27(2)15-11-22)28-12-5-4-6-13-28/h7-9,16H,3-6,10-15,17-18H2,1-2H3,(H2,24,25,26). The normalized spacial score (nSPS) is 21.5. The Hall–Kier alpha value is -1.30. The van der Waals surface area contributed by atoms with Gasteiger partial charge in [0, 0.05) is 23.7 Å². The summed E-state index contributed by atoms with van der Waals surface area (Å²) in [5, 5.41) is 7.85. The number of aliphatic imine (C=N–C) groups is 1. The maximum absolute atomic E-state index is 6.11. The quantitative estimate of drug-likeness (QED) is 0.562. The lowest BCUT2D eigenvalue weighted by molar-refractivity contribution is 0.0173. The Morgan fingerprint density at radius 1 is 1.11 bits per heavy atom. The van der Waals surface area contributed by atoms with Crippen LogP contribution in [0.3, 0.4) is 0 Å². The highest BCUT2D eigenvalue weighted by molar-refractivity contribution is 6.30. The molecule has 2 saturated heterocycles. The van der Waals surface area contributed by atoms with Gasteiger partial charge in [-0.25, -0.2) is 4.99 Å². The smallest absolute Gasteiger partial charge is 0.191 e. The van der Waals surface area contributed by atoms with Crippen LogP contribution >= 0.6 is 11.6 Å². The van der Waals surface area contributed by atoms with E-state index in [4.69, 9.17) is 16.6 Å². The van der Waals surface area contributed by atoms with Crippen molar-refractivity contribution >= 4 is 17.6 Å². The zero-order chi connectivity index (χ0) is 19.8. The maximum atomic E-state index is 6.11. The molecule has 5 nitrogen and oxygen atoms in total. The van der Waals surface area contributed by atoms with E-state index in [1.54, 1.807) is 0 Å². The molecule has 0 aliphatic carbocycles. The highest BCUT2D eigenvalue weighted by Crippen LogP contribution is 2.30. The highest BCUT2D eigenvalue weighted by Gasteiger charge is 2.39. The number of benzene rings is 1. The summed E-state index contributed by atoms with van der Waals surface area (Å²) in [5.74, 6) is 0.901. The molecule has 2 fully saturated rings. The van der Waals surface area contributed by atoms with E-state index in [0.29, 0.717) is 6.54 Å². The molecule has 1 aromatic rings. The van der Waals surface area contributed by atoms with Crippen molar-refractivity contribution in [2.75, 3.05) is 46.3 Å². The Balaban J connectivity index is 1.67. The van der Waals surface area contributed by atoms with E-state index < -0.39 is 0 Å². The topological polar surface area (TPSA) is 42.9 Å². The summed E-state index contributed by atoms with van der Waals surface area (Å²) in [7, 11) is 2.24. The summed E-state index contributed by atoms with van der Waals surface area (Å²) in [4.78, 5) is 10.0. The molecule has 1 aromatic carbocycles. The van der Waals surface area contributed by atoms with Gasteiger partial charge in [-0.3, -0.25) is 4.90 Å². The first-order valence-corrected chi connectivity index (χ1v) is 11.2. The van der Waals surface area contributed by atoms with Gasteiger partial charge in [0.25, 0.3) is 0 Å². The van der Waals surface area contributed by atoms with E-state index in [2.05, 4.69) is 40.5 Å². The number of halogens is 1. The van der Waals surface area contributed by atoms with E-state index in [9.17, 15) is 0 Å². The van der Waals surface area contributed by atoms with Gasteiger partial charge in [-0.2, -0.15) is 0 Å². The van der Waals surface area contributed by atoms with Crippen LogP contribution in [0.15, 0.2) is 29.3 Å². The zero-order valence-electron chi connectivity index (χ0n) is 17.5. The first kappa shape index (κ1) is 21.4. The van der Waals surface area contributed by atoms with Crippen LogP contribution in [-0.2, 0) is 6.54 Å². The summed E-state index contributed by atoms with van der Waals surface area (Å²) < 4.78 is 0. The minimum Gasteiger partial charge on any atom is -0.357 e. The average molecular weight is 406 g/mol. The van der Waals surface area contributed by atoms with E-state index in [-0.39, 0.29) is 5.54 Å². The summed E-state index contributed by atoms with van der Waals surface area (Å²) in [6.45, 7) is 9.40. The molecule has 2 aliphatic heterocycles.